The molecule has 0 fully saturated rings. The van der Waals surface area contributed by atoms with Crippen LogP contribution in [-0.4, -0.2) is 23.7 Å². The highest BCUT2D eigenvalue weighted by atomic mass is 19.4. The zero-order valence-electron chi connectivity index (χ0n) is 8.51. The van der Waals surface area contributed by atoms with Crippen LogP contribution >= 0.6 is 0 Å². The summed E-state index contributed by atoms with van der Waals surface area (Å²) in [4.78, 5) is 11.1. The van der Waals surface area contributed by atoms with E-state index >= 15 is 0 Å². The molecule has 17 heavy (non-hydrogen) atoms. The average molecular weight is 251 g/mol. The highest BCUT2D eigenvalue weighted by molar-refractivity contribution is 5.78. The van der Waals surface area contributed by atoms with Crippen LogP contribution in [0.1, 0.15) is 5.56 Å². The fourth-order valence-corrected chi connectivity index (χ4v) is 1.13. The molecule has 1 amide bonds. The molecule has 0 aliphatic heterocycles. The van der Waals surface area contributed by atoms with Crippen molar-refractivity contribution in [2.24, 2.45) is 0 Å². The summed E-state index contributed by atoms with van der Waals surface area (Å²) >= 11 is 0. The molecule has 1 rings (SSSR count). The first-order valence-electron chi connectivity index (χ1n) is 4.59. The van der Waals surface area contributed by atoms with Crippen molar-refractivity contribution in [2.75, 3.05) is 6.54 Å². The van der Waals surface area contributed by atoms with E-state index in [1.165, 1.54) is 0 Å². The molecule has 0 aliphatic rings. The summed E-state index contributed by atoms with van der Waals surface area (Å²) in [5.41, 5.74) is -0.162. The van der Waals surface area contributed by atoms with Crippen molar-refractivity contribution in [1.82, 2.24) is 5.32 Å². The van der Waals surface area contributed by atoms with Crippen LogP contribution in [0.15, 0.2) is 18.2 Å². The number of alkyl halides is 3. The molecule has 2 N–H and O–H groups in total. The number of amides is 1. The average Bonchev–Trinajstić information content (AvgIpc) is 2.20. The van der Waals surface area contributed by atoms with E-state index < -0.39 is 30.9 Å². The van der Waals surface area contributed by atoms with Gasteiger partial charge in [0, 0.05) is 5.56 Å². The van der Waals surface area contributed by atoms with Gasteiger partial charge in [-0.1, -0.05) is 0 Å². The third-order valence-corrected chi connectivity index (χ3v) is 1.87. The molecule has 3 nitrogen and oxygen atoms in total. The van der Waals surface area contributed by atoms with Gasteiger partial charge in [-0.05, 0) is 18.2 Å². The number of phenolic OH excluding ortho intramolecular Hbond substituents is 1. The Labute approximate surface area is 94.1 Å². The van der Waals surface area contributed by atoms with E-state index in [-0.39, 0.29) is 11.3 Å². The summed E-state index contributed by atoms with van der Waals surface area (Å²) < 4.78 is 48.4. The van der Waals surface area contributed by atoms with Crippen LogP contribution in [-0.2, 0) is 11.2 Å². The smallest absolute Gasteiger partial charge is 0.405 e. The SMILES string of the molecule is O=C(Cc1cc(O)ccc1F)NCC(F)(F)F. The third kappa shape index (κ3) is 4.71. The number of carbonyl (C=O) groups excluding carboxylic acids is 1. The van der Waals surface area contributed by atoms with E-state index in [9.17, 15) is 22.4 Å². The first-order valence-corrected chi connectivity index (χ1v) is 4.59. The molecule has 0 bridgehead atoms. The first-order chi connectivity index (χ1) is 7.78. The molecule has 0 spiro atoms. The monoisotopic (exact) mass is 251 g/mol. The van der Waals surface area contributed by atoms with Crippen LogP contribution in [0.4, 0.5) is 17.6 Å². The minimum absolute atomic E-state index is 0.162. The predicted molar refractivity (Wildman–Crippen MR) is 50.8 cm³/mol. The lowest BCUT2D eigenvalue weighted by atomic mass is 10.1. The van der Waals surface area contributed by atoms with Gasteiger partial charge in [0.05, 0.1) is 6.42 Å². The Morgan fingerprint density at radius 3 is 2.59 bits per heavy atom. The van der Waals surface area contributed by atoms with Crippen molar-refractivity contribution in [3.05, 3.63) is 29.6 Å². The van der Waals surface area contributed by atoms with Gasteiger partial charge in [0.25, 0.3) is 0 Å². The van der Waals surface area contributed by atoms with Gasteiger partial charge in [-0.3, -0.25) is 4.79 Å². The molecule has 1 aromatic carbocycles. The van der Waals surface area contributed by atoms with Crippen molar-refractivity contribution < 1.29 is 27.5 Å². The quantitative estimate of drug-likeness (QED) is 0.804. The molecule has 0 radical (unpaired) electrons. The summed E-state index contributed by atoms with van der Waals surface area (Å²) in [5, 5.41) is 10.6. The molecule has 1 aromatic rings. The van der Waals surface area contributed by atoms with Gasteiger partial charge < -0.3 is 10.4 Å². The number of benzene rings is 1. The summed E-state index contributed by atoms with van der Waals surface area (Å²) in [5.74, 6) is -1.98. The normalized spacial score (nSPS) is 11.3. The molecule has 7 heteroatoms. The number of phenols is 1. The molecule has 0 saturated heterocycles. The number of rotatable bonds is 3. The highest BCUT2D eigenvalue weighted by Crippen LogP contribution is 2.16. The number of aromatic hydroxyl groups is 1. The van der Waals surface area contributed by atoms with Gasteiger partial charge >= 0.3 is 6.18 Å². The molecule has 0 saturated carbocycles. The Hall–Kier alpha value is -1.79. The Bertz CT molecular complexity index is 417. The van der Waals surface area contributed by atoms with Crippen molar-refractivity contribution in [3.63, 3.8) is 0 Å². The standard InChI is InChI=1S/C10H9F4NO2/c11-8-2-1-7(16)3-6(8)4-9(17)15-5-10(12,13)14/h1-3,16H,4-5H2,(H,15,17). The van der Waals surface area contributed by atoms with E-state index in [0.29, 0.717) is 0 Å². The molecule has 0 aliphatic carbocycles. The van der Waals surface area contributed by atoms with Crippen LogP contribution in [0.5, 0.6) is 5.75 Å². The van der Waals surface area contributed by atoms with Gasteiger partial charge in [-0.15, -0.1) is 0 Å². The molecule has 0 atom stereocenters. The molecule has 94 valence electrons. The number of hydrogen-bond donors (Lipinski definition) is 2. The van der Waals surface area contributed by atoms with Gasteiger partial charge in [-0.25, -0.2) is 4.39 Å². The van der Waals surface area contributed by atoms with Crippen molar-refractivity contribution in [1.29, 1.82) is 0 Å². The van der Waals surface area contributed by atoms with E-state index in [4.69, 9.17) is 5.11 Å². The zero-order valence-corrected chi connectivity index (χ0v) is 8.51. The number of nitrogens with one attached hydrogen (secondary N) is 1. The Balaban J connectivity index is 2.59. The van der Waals surface area contributed by atoms with Crippen molar-refractivity contribution in [2.45, 2.75) is 12.6 Å². The first kappa shape index (κ1) is 13.3. The van der Waals surface area contributed by atoms with Gasteiger partial charge in [0.2, 0.25) is 5.91 Å². The van der Waals surface area contributed by atoms with E-state index in [2.05, 4.69) is 0 Å². The fourth-order valence-electron chi connectivity index (χ4n) is 1.13. The maximum Gasteiger partial charge on any atom is 0.405 e. The summed E-state index contributed by atoms with van der Waals surface area (Å²) in [6, 6.07) is 3.00. The maximum atomic E-state index is 13.1. The van der Waals surface area contributed by atoms with Crippen LogP contribution in [0.3, 0.4) is 0 Å². The number of halogens is 4. The zero-order chi connectivity index (χ0) is 13.1. The summed E-state index contributed by atoms with van der Waals surface area (Å²) in [6.07, 6.45) is -5.07. The van der Waals surface area contributed by atoms with Crippen molar-refractivity contribution in [3.8, 4) is 5.75 Å². The number of hydrogen-bond acceptors (Lipinski definition) is 2. The van der Waals surface area contributed by atoms with Crippen molar-refractivity contribution >= 4 is 5.91 Å². The molecule has 0 aromatic heterocycles. The van der Waals surface area contributed by atoms with Crippen LogP contribution < -0.4 is 5.32 Å². The third-order valence-electron chi connectivity index (χ3n) is 1.87. The van der Waals surface area contributed by atoms with E-state index in [0.717, 1.165) is 18.2 Å². The molecule has 0 unspecified atom stereocenters. The predicted octanol–water partition coefficient (Wildman–Crippen LogP) is 1.75. The van der Waals surface area contributed by atoms with E-state index in [1.54, 1.807) is 5.32 Å². The van der Waals surface area contributed by atoms with Gasteiger partial charge in [0.1, 0.15) is 18.1 Å². The maximum absolute atomic E-state index is 13.1. The lowest BCUT2D eigenvalue weighted by molar-refractivity contribution is -0.138. The fraction of sp³-hybridized carbons (Fsp3) is 0.300. The Kier molecular flexibility index (Phi) is 3.93. The Morgan fingerprint density at radius 1 is 1.35 bits per heavy atom. The second kappa shape index (κ2) is 5.03. The highest BCUT2D eigenvalue weighted by Gasteiger charge is 2.27. The minimum atomic E-state index is -4.51. The molecule has 0 heterocycles. The minimum Gasteiger partial charge on any atom is -0.508 e. The lowest BCUT2D eigenvalue weighted by Crippen LogP contribution is -2.34. The largest absolute Gasteiger partial charge is 0.508 e. The number of carbonyl (C=O) groups is 1. The topological polar surface area (TPSA) is 49.3 Å². The molecular weight excluding hydrogens is 242 g/mol. The summed E-state index contributed by atoms with van der Waals surface area (Å²) in [6.45, 7) is -1.47. The van der Waals surface area contributed by atoms with Gasteiger partial charge in [0.15, 0.2) is 0 Å². The lowest BCUT2D eigenvalue weighted by Gasteiger charge is -2.08. The molecular formula is C10H9F4NO2. The van der Waals surface area contributed by atoms with Crippen LogP contribution in [0.2, 0.25) is 0 Å². The summed E-state index contributed by atoms with van der Waals surface area (Å²) in [7, 11) is 0. The van der Waals surface area contributed by atoms with Gasteiger partial charge in [-0.2, -0.15) is 13.2 Å². The second-order valence-corrected chi connectivity index (χ2v) is 3.34. The Morgan fingerprint density at radius 2 is 2.00 bits per heavy atom. The second-order valence-electron chi connectivity index (χ2n) is 3.34. The van der Waals surface area contributed by atoms with E-state index in [1.807, 2.05) is 0 Å². The van der Waals surface area contributed by atoms with Crippen LogP contribution in [0.25, 0.3) is 0 Å². The van der Waals surface area contributed by atoms with Crippen LogP contribution in [0, 0.1) is 5.82 Å².